The molecule has 4 aliphatic rings. The predicted octanol–water partition coefficient (Wildman–Crippen LogP) is 3.05. The van der Waals surface area contributed by atoms with Crippen molar-refractivity contribution in [3.05, 3.63) is 53.1 Å². The molecule has 2 saturated heterocycles. The number of imide groups is 1. The SMILES string of the molecule is O=C1CC[C@H](N2Cc3cc(O[C@@H]4CCCC[C@@H]4N4CC(c5ncc(C(F)(F)F)cn5)C4)ccc3C2=O)C(=O)N1. The van der Waals surface area contributed by atoms with E-state index in [-0.39, 0.29) is 42.8 Å². The van der Waals surface area contributed by atoms with Crippen molar-refractivity contribution in [1.29, 1.82) is 0 Å². The molecule has 0 radical (unpaired) electrons. The van der Waals surface area contributed by atoms with E-state index < -0.39 is 23.7 Å². The van der Waals surface area contributed by atoms with Crippen molar-refractivity contribution in [3.8, 4) is 5.75 Å². The number of aromatic nitrogens is 2. The van der Waals surface area contributed by atoms with Crippen molar-refractivity contribution in [2.24, 2.45) is 0 Å². The van der Waals surface area contributed by atoms with E-state index >= 15 is 0 Å². The van der Waals surface area contributed by atoms with Crippen LogP contribution in [-0.2, 0) is 22.3 Å². The molecule has 0 unspecified atom stereocenters. The molecule has 39 heavy (non-hydrogen) atoms. The first-order valence-corrected chi connectivity index (χ1v) is 13.2. The highest BCUT2D eigenvalue weighted by Gasteiger charge is 2.42. The van der Waals surface area contributed by atoms with Crippen molar-refractivity contribution in [3.63, 3.8) is 0 Å². The topological polar surface area (TPSA) is 105 Å². The first kappa shape index (κ1) is 25.7. The van der Waals surface area contributed by atoms with E-state index in [0.29, 0.717) is 36.6 Å². The fourth-order valence-corrected chi connectivity index (χ4v) is 6.07. The van der Waals surface area contributed by atoms with Gasteiger partial charge in [0.2, 0.25) is 11.8 Å². The van der Waals surface area contributed by atoms with Gasteiger partial charge in [0.25, 0.3) is 5.91 Å². The smallest absolute Gasteiger partial charge is 0.419 e. The highest BCUT2D eigenvalue weighted by molar-refractivity contribution is 6.05. The molecule has 9 nitrogen and oxygen atoms in total. The molecule has 1 saturated carbocycles. The largest absolute Gasteiger partial charge is 0.489 e. The lowest BCUT2D eigenvalue weighted by Crippen LogP contribution is -2.57. The Morgan fingerprint density at radius 3 is 2.46 bits per heavy atom. The second-order valence-electron chi connectivity index (χ2n) is 10.7. The van der Waals surface area contributed by atoms with Crippen LogP contribution in [0.25, 0.3) is 0 Å². The number of fused-ring (bicyclic) bond motifs is 1. The second kappa shape index (κ2) is 9.89. The number of rotatable bonds is 5. The number of amides is 3. The Morgan fingerprint density at radius 1 is 1.00 bits per heavy atom. The van der Waals surface area contributed by atoms with Gasteiger partial charge < -0.3 is 9.64 Å². The summed E-state index contributed by atoms with van der Waals surface area (Å²) in [6.45, 7) is 1.61. The van der Waals surface area contributed by atoms with Crippen LogP contribution in [0.5, 0.6) is 5.75 Å². The van der Waals surface area contributed by atoms with Crippen LogP contribution < -0.4 is 10.1 Å². The normalized spacial score (nSPS) is 26.3. The van der Waals surface area contributed by atoms with Crippen LogP contribution in [0.1, 0.15) is 71.8 Å². The third-order valence-corrected chi connectivity index (χ3v) is 8.19. The van der Waals surface area contributed by atoms with Crippen LogP contribution >= 0.6 is 0 Å². The lowest BCUT2D eigenvalue weighted by atomic mass is 9.86. The molecule has 1 aliphatic carbocycles. The van der Waals surface area contributed by atoms with Crippen LogP contribution in [0.3, 0.4) is 0 Å². The molecule has 1 aromatic carbocycles. The zero-order valence-electron chi connectivity index (χ0n) is 21.1. The van der Waals surface area contributed by atoms with Crippen molar-refractivity contribution in [2.45, 2.75) is 75.4 Å². The Morgan fingerprint density at radius 2 is 1.74 bits per heavy atom. The fourth-order valence-electron chi connectivity index (χ4n) is 6.07. The van der Waals surface area contributed by atoms with Gasteiger partial charge in [-0.25, -0.2) is 9.97 Å². The highest BCUT2D eigenvalue weighted by atomic mass is 19.4. The number of alkyl halides is 3. The van der Waals surface area contributed by atoms with Crippen LogP contribution in [0, 0.1) is 0 Å². The van der Waals surface area contributed by atoms with E-state index in [1.165, 1.54) is 4.90 Å². The zero-order valence-corrected chi connectivity index (χ0v) is 21.1. The standard InChI is InChI=1S/C27H28F3N5O4/c28-27(29,30)17-10-31-24(32-11-17)16-12-34(13-16)20-3-1-2-4-22(20)39-18-5-6-19-15(9-18)14-35(26(19)38)21-7-8-23(36)33-25(21)37/h5-6,9-11,16,20-22H,1-4,7-8,12-14H2,(H,33,36,37)/t20-,21-,22+/m0/s1. The summed E-state index contributed by atoms with van der Waals surface area (Å²) in [5.41, 5.74) is 0.479. The molecule has 3 fully saturated rings. The summed E-state index contributed by atoms with van der Waals surface area (Å²) < 4.78 is 44.9. The molecule has 206 valence electrons. The first-order chi connectivity index (χ1) is 18.7. The van der Waals surface area contributed by atoms with Gasteiger partial charge in [-0.1, -0.05) is 6.42 Å². The molecule has 3 amide bonds. The van der Waals surface area contributed by atoms with Gasteiger partial charge in [-0.2, -0.15) is 13.2 Å². The number of hydrogen-bond donors (Lipinski definition) is 1. The summed E-state index contributed by atoms with van der Waals surface area (Å²) in [5, 5.41) is 2.31. The lowest BCUT2D eigenvalue weighted by molar-refractivity contribution is -0.138. The molecule has 3 atom stereocenters. The third kappa shape index (κ3) is 4.97. The van der Waals surface area contributed by atoms with Gasteiger partial charge in [0, 0.05) is 56.0 Å². The number of benzene rings is 1. The van der Waals surface area contributed by atoms with Gasteiger partial charge in [0.15, 0.2) is 0 Å². The summed E-state index contributed by atoms with van der Waals surface area (Å²) in [5.74, 6) is 0.0861. The summed E-state index contributed by atoms with van der Waals surface area (Å²) >= 11 is 0. The predicted molar refractivity (Wildman–Crippen MR) is 131 cm³/mol. The maximum absolute atomic E-state index is 13.0. The molecule has 2 aromatic rings. The molecular formula is C27H28F3N5O4. The Bertz CT molecular complexity index is 1300. The van der Waals surface area contributed by atoms with Crippen LogP contribution in [0.4, 0.5) is 13.2 Å². The van der Waals surface area contributed by atoms with Crippen molar-refractivity contribution in [2.75, 3.05) is 13.1 Å². The number of piperidine rings is 1. The lowest BCUT2D eigenvalue weighted by Gasteiger charge is -2.47. The number of halogens is 3. The van der Waals surface area contributed by atoms with Gasteiger partial charge in [-0.05, 0) is 49.4 Å². The molecule has 1 aromatic heterocycles. The summed E-state index contributed by atoms with van der Waals surface area (Å²) in [6.07, 6.45) is 1.63. The van der Waals surface area contributed by atoms with Gasteiger partial charge in [0.1, 0.15) is 23.7 Å². The molecule has 6 rings (SSSR count). The minimum Gasteiger partial charge on any atom is -0.489 e. The van der Waals surface area contributed by atoms with E-state index in [2.05, 4.69) is 20.2 Å². The zero-order chi connectivity index (χ0) is 27.3. The van der Waals surface area contributed by atoms with E-state index in [4.69, 9.17) is 4.74 Å². The minimum absolute atomic E-state index is 0.0147. The highest BCUT2D eigenvalue weighted by Crippen LogP contribution is 2.36. The van der Waals surface area contributed by atoms with Gasteiger partial charge in [-0.3, -0.25) is 24.6 Å². The van der Waals surface area contributed by atoms with Crippen LogP contribution in [-0.4, -0.2) is 68.8 Å². The van der Waals surface area contributed by atoms with E-state index in [0.717, 1.165) is 43.6 Å². The molecular weight excluding hydrogens is 515 g/mol. The first-order valence-electron chi connectivity index (χ1n) is 13.2. The van der Waals surface area contributed by atoms with Gasteiger partial charge >= 0.3 is 6.18 Å². The third-order valence-electron chi connectivity index (χ3n) is 8.19. The van der Waals surface area contributed by atoms with E-state index in [1.807, 2.05) is 6.07 Å². The van der Waals surface area contributed by atoms with Crippen LogP contribution in [0.2, 0.25) is 0 Å². The quantitative estimate of drug-likeness (QED) is 0.578. The number of carbonyl (C=O) groups is 3. The fraction of sp³-hybridized carbons (Fsp3) is 0.519. The minimum atomic E-state index is -4.45. The molecule has 3 aliphatic heterocycles. The summed E-state index contributed by atoms with van der Waals surface area (Å²) in [7, 11) is 0. The Hall–Kier alpha value is -3.54. The molecule has 0 spiro atoms. The van der Waals surface area contributed by atoms with Crippen molar-refractivity contribution < 1.29 is 32.3 Å². The summed E-state index contributed by atoms with van der Waals surface area (Å²) in [6, 6.07) is 4.88. The number of nitrogens with one attached hydrogen (secondary N) is 1. The molecule has 4 heterocycles. The molecule has 1 N–H and O–H groups in total. The second-order valence-corrected chi connectivity index (χ2v) is 10.7. The Balaban J connectivity index is 1.09. The Kier molecular flexibility index (Phi) is 6.52. The number of likely N-dealkylation sites (tertiary alicyclic amines) is 1. The number of nitrogens with zero attached hydrogens (tertiary/aromatic N) is 4. The Labute approximate surface area is 222 Å². The number of hydrogen-bond acceptors (Lipinski definition) is 7. The summed E-state index contributed by atoms with van der Waals surface area (Å²) in [4.78, 5) is 48.5. The van der Waals surface area contributed by atoms with E-state index in [9.17, 15) is 27.6 Å². The van der Waals surface area contributed by atoms with E-state index in [1.54, 1.807) is 12.1 Å². The average molecular weight is 544 g/mol. The molecule has 12 heteroatoms. The number of carbonyl (C=O) groups excluding carboxylic acids is 3. The van der Waals surface area contributed by atoms with Gasteiger partial charge in [0.05, 0.1) is 5.56 Å². The number of ether oxygens (including phenoxy) is 1. The van der Waals surface area contributed by atoms with Gasteiger partial charge in [-0.15, -0.1) is 0 Å². The average Bonchev–Trinajstić information content (AvgIpc) is 3.19. The van der Waals surface area contributed by atoms with Crippen molar-refractivity contribution in [1.82, 2.24) is 25.1 Å². The maximum atomic E-state index is 13.0. The van der Waals surface area contributed by atoms with Crippen molar-refractivity contribution >= 4 is 17.7 Å². The van der Waals surface area contributed by atoms with Crippen LogP contribution in [0.15, 0.2) is 30.6 Å². The monoisotopic (exact) mass is 543 g/mol. The maximum Gasteiger partial charge on any atom is 0.419 e. The molecule has 0 bridgehead atoms.